The third-order valence-electron chi connectivity index (χ3n) is 4.81. The molecule has 0 saturated carbocycles. The van der Waals surface area contributed by atoms with Crippen LogP contribution >= 0.6 is 0 Å². The topological polar surface area (TPSA) is 35.9 Å². The summed E-state index contributed by atoms with van der Waals surface area (Å²) in [4.78, 5) is 3.88. The Morgan fingerprint density at radius 3 is 2.56 bits per heavy atom. The monoisotopic (exact) mass is 376 g/mol. The molecule has 0 bridgehead atoms. The van der Waals surface area contributed by atoms with E-state index in [-0.39, 0.29) is 12.1 Å². The van der Waals surface area contributed by atoms with Crippen molar-refractivity contribution >= 4 is 0 Å². The predicted molar refractivity (Wildman–Crippen MR) is 101 cm³/mol. The van der Waals surface area contributed by atoms with Crippen LogP contribution in [-0.2, 0) is 18.7 Å². The van der Waals surface area contributed by atoms with Crippen LogP contribution in [0.2, 0.25) is 0 Å². The van der Waals surface area contributed by atoms with Crippen molar-refractivity contribution in [2.24, 2.45) is 0 Å². The molecule has 2 aromatic rings. The molecule has 2 aromatic carbocycles. The van der Waals surface area contributed by atoms with Crippen molar-refractivity contribution in [1.82, 2.24) is 9.80 Å². The summed E-state index contributed by atoms with van der Waals surface area (Å²) in [6, 6.07) is 9.58. The smallest absolute Gasteiger partial charge is 0.130 e. The number of nitrogens with zero attached hydrogens (tertiary/aromatic N) is 2. The SMILES string of the molecule is CN(C)C[C@@](C)(O)c1ccc2c(c1)CN(Cc1c(F)cccc1F)CCO2. The molecule has 1 aliphatic rings. The van der Waals surface area contributed by atoms with E-state index in [1.54, 1.807) is 6.92 Å². The summed E-state index contributed by atoms with van der Waals surface area (Å²) >= 11 is 0. The van der Waals surface area contributed by atoms with Gasteiger partial charge in [0.25, 0.3) is 0 Å². The van der Waals surface area contributed by atoms with E-state index >= 15 is 0 Å². The van der Waals surface area contributed by atoms with Crippen molar-refractivity contribution in [3.05, 3.63) is 64.7 Å². The lowest BCUT2D eigenvalue weighted by Gasteiger charge is -2.28. The highest BCUT2D eigenvalue weighted by atomic mass is 19.1. The first-order chi connectivity index (χ1) is 12.8. The lowest BCUT2D eigenvalue weighted by molar-refractivity contribution is 0.0299. The highest BCUT2D eigenvalue weighted by molar-refractivity contribution is 5.40. The fourth-order valence-corrected chi connectivity index (χ4v) is 3.53. The number of benzene rings is 2. The fourth-order valence-electron chi connectivity index (χ4n) is 3.53. The van der Waals surface area contributed by atoms with Crippen LogP contribution in [0.15, 0.2) is 36.4 Å². The average Bonchev–Trinajstić information content (AvgIpc) is 2.78. The molecule has 0 fully saturated rings. The lowest BCUT2D eigenvalue weighted by Crippen LogP contribution is -2.34. The van der Waals surface area contributed by atoms with E-state index in [1.165, 1.54) is 18.2 Å². The molecule has 1 N–H and O–H groups in total. The molecule has 0 saturated heterocycles. The number of fused-ring (bicyclic) bond motifs is 1. The van der Waals surface area contributed by atoms with Crippen molar-refractivity contribution in [3.8, 4) is 5.75 Å². The van der Waals surface area contributed by atoms with E-state index in [0.717, 1.165) is 16.9 Å². The first-order valence-electron chi connectivity index (χ1n) is 9.05. The Morgan fingerprint density at radius 1 is 1.19 bits per heavy atom. The number of hydrogen-bond donors (Lipinski definition) is 1. The van der Waals surface area contributed by atoms with Crippen molar-refractivity contribution in [1.29, 1.82) is 0 Å². The van der Waals surface area contributed by atoms with Gasteiger partial charge in [-0.2, -0.15) is 0 Å². The summed E-state index contributed by atoms with van der Waals surface area (Å²) in [6.45, 7) is 3.92. The van der Waals surface area contributed by atoms with Crippen LogP contribution in [0, 0.1) is 11.6 Å². The van der Waals surface area contributed by atoms with E-state index in [0.29, 0.717) is 26.2 Å². The highest BCUT2D eigenvalue weighted by Crippen LogP contribution is 2.30. The molecule has 6 heteroatoms. The number of likely N-dealkylation sites (N-methyl/N-ethyl adjacent to an activating group) is 1. The van der Waals surface area contributed by atoms with Gasteiger partial charge in [-0.15, -0.1) is 0 Å². The quantitative estimate of drug-likeness (QED) is 0.870. The molecule has 1 atom stereocenters. The first-order valence-corrected chi connectivity index (χ1v) is 9.05. The van der Waals surface area contributed by atoms with Crippen LogP contribution in [0.5, 0.6) is 5.75 Å². The second kappa shape index (κ2) is 7.92. The van der Waals surface area contributed by atoms with Gasteiger partial charge in [-0.25, -0.2) is 8.78 Å². The van der Waals surface area contributed by atoms with Gasteiger partial charge in [0.1, 0.15) is 24.0 Å². The summed E-state index contributed by atoms with van der Waals surface area (Å²) in [5, 5.41) is 10.8. The van der Waals surface area contributed by atoms with Crippen LogP contribution < -0.4 is 4.74 Å². The minimum Gasteiger partial charge on any atom is -0.492 e. The Bertz CT molecular complexity index is 789. The Labute approximate surface area is 159 Å². The Morgan fingerprint density at radius 2 is 1.89 bits per heavy atom. The van der Waals surface area contributed by atoms with Gasteiger partial charge in [0.15, 0.2) is 0 Å². The molecule has 0 aromatic heterocycles. The van der Waals surface area contributed by atoms with Crippen LogP contribution in [0.25, 0.3) is 0 Å². The lowest BCUT2D eigenvalue weighted by atomic mass is 9.93. The van der Waals surface area contributed by atoms with E-state index in [2.05, 4.69) is 0 Å². The van der Waals surface area contributed by atoms with Crippen molar-refractivity contribution in [2.75, 3.05) is 33.8 Å². The van der Waals surface area contributed by atoms with E-state index in [4.69, 9.17) is 4.74 Å². The molecule has 4 nitrogen and oxygen atoms in total. The zero-order chi connectivity index (χ0) is 19.6. The molecule has 0 spiro atoms. The number of aliphatic hydroxyl groups is 1. The average molecular weight is 376 g/mol. The molecule has 3 rings (SSSR count). The third kappa shape index (κ3) is 4.64. The number of halogens is 2. The predicted octanol–water partition coefficient (Wildman–Crippen LogP) is 3.13. The van der Waals surface area contributed by atoms with E-state index < -0.39 is 17.2 Å². The summed E-state index contributed by atoms with van der Waals surface area (Å²) in [5.41, 5.74) is 0.753. The zero-order valence-corrected chi connectivity index (χ0v) is 16.0. The summed E-state index contributed by atoms with van der Waals surface area (Å²) in [7, 11) is 3.82. The largest absolute Gasteiger partial charge is 0.492 e. The van der Waals surface area contributed by atoms with Crippen LogP contribution in [-0.4, -0.2) is 48.7 Å². The maximum absolute atomic E-state index is 14.0. The van der Waals surface area contributed by atoms with Crippen molar-refractivity contribution in [3.63, 3.8) is 0 Å². The molecule has 27 heavy (non-hydrogen) atoms. The standard InChI is InChI=1S/C21H26F2N2O2/c1-21(26,14-24(2)3)16-7-8-20-15(11-16)12-25(9-10-27-20)13-17-18(22)5-4-6-19(17)23/h4-8,11,26H,9-10,12-14H2,1-3H3/t21-/m1/s1. The maximum atomic E-state index is 14.0. The Hall–Kier alpha value is -2.02. The number of hydrogen-bond acceptors (Lipinski definition) is 4. The molecule has 1 heterocycles. The summed E-state index contributed by atoms with van der Waals surface area (Å²) in [5.74, 6) is -0.331. The minimum atomic E-state index is -1.01. The maximum Gasteiger partial charge on any atom is 0.130 e. The van der Waals surface area contributed by atoms with Gasteiger partial charge in [-0.3, -0.25) is 4.90 Å². The molecule has 146 valence electrons. The normalized spacial score (nSPS) is 17.1. The molecule has 1 aliphatic heterocycles. The van der Waals surface area contributed by atoms with E-state index in [1.807, 2.05) is 42.1 Å². The van der Waals surface area contributed by atoms with Gasteiger partial charge in [-0.1, -0.05) is 12.1 Å². The van der Waals surface area contributed by atoms with Gasteiger partial charge >= 0.3 is 0 Å². The second-order valence-electron chi connectivity index (χ2n) is 7.59. The first kappa shape index (κ1) is 19.7. The van der Waals surface area contributed by atoms with Crippen LogP contribution in [0.3, 0.4) is 0 Å². The third-order valence-corrected chi connectivity index (χ3v) is 4.81. The summed E-state index contributed by atoms with van der Waals surface area (Å²) < 4.78 is 33.8. The summed E-state index contributed by atoms with van der Waals surface area (Å²) in [6.07, 6.45) is 0. The van der Waals surface area contributed by atoms with Crippen molar-refractivity contribution in [2.45, 2.75) is 25.6 Å². The molecule has 0 unspecified atom stereocenters. The van der Waals surface area contributed by atoms with Crippen LogP contribution in [0.1, 0.15) is 23.6 Å². The Kier molecular flexibility index (Phi) is 5.79. The molecule has 0 radical (unpaired) electrons. The van der Waals surface area contributed by atoms with Gasteiger partial charge in [0, 0.05) is 37.3 Å². The van der Waals surface area contributed by atoms with Gasteiger partial charge in [0.05, 0.1) is 5.60 Å². The molecular formula is C21H26F2N2O2. The van der Waals surface area contributed by atoms with Crippen LogP contribution in [0.4, 0.5) is 8.78 Å². The molecule has 0 amide bonds. The van der Waals surface area contributed by atoms with E-state index in [9.17, 15) is 13.9 Å². The fraction of sp³-hybridized carbons (Fsp3) is 0.429. The van der Waals surface area contributed by atoms with Gasteiger partial charge in [-0.05, 0) is 50.8 Å². The number of rotatable bonds is 5. The molecular weight excluding hydrogens is 350 g/mol. The minimum absolute atomic E-state index is 0.0664. The second-order valence-corrected chi connectivity index (χ2v) is 7.59. The molecule has 0 aliphatic carbocycles. The zero-order valence-electron chi connectivity index (χ0n) is 16.0. The highest BCUT2D eigenvalue weighted by Gasteiger charge is 2.26. The van der Waals surface area contributed by atoms with Gasteiger partial charge < -0.3 is 14.7 Å². The van der Waals surface area contributed by atoms with Crippen molar-refractivity contribution < 1.29 is 18.6 Å². The Balaban J connectivity index is 1.84. The number of ether oxygens (including phenoxy) is 1. The van der Waals surface area contributed by atoms with Gasteiger partial charge in [0.2, 0.25) is 0 Å².